The third-order valence-corrected chi connectivity index (χ3v) is 8.28. The smallest absolute Gasteiger partial charge is 0.225 e. The number of benzene rings is 1. The van der Waals surface area contributed by atoms with Gasteiger partial charge < -0.3 is 23.8 Å². The van der Waals surface area contributed by atoms with Crippen molar-refractivity contribution in [2.75, 3.05) is 51.3 Å². The van der Waals surface area contributed by atoms with Crippen molar-refractivity contribution in [3.63, 3.8) is 0 Å². The molecule has 5 rings (SSSR count). The number of likely N-dealkylation sites (N-methyl/N-ethyl adjacent to an activating group) is 1. The number of anilines is 1. The molecular formula is C31H44N6O3. The first-order valence-electron chi connectivity index (χ1n) is 14.7. The van der Waals surface area contributed by atoms with Gasteiger partial charge in [-0.3, -0.25) is 5.48 Å². The van der Waals surface area contributed by atoms with Crippen molar-refractivity contribution < 1.29 is 14.3 Å². The van der Waals surface area contributed by atoms with Crippen LogP contribution in [0.3, 0.4) is 0 Å². The van der Waals surface area contributed by atoms with Crippen molar-refractivity contribution in [2.45, 2.75) is 51.7 Å². The Morgan fingerprint density at radius 1 is 1.18 bits per heavy atom. The molecule has 2 fully saturated rings. The van der Waals surface area contributed by atoms with Crippen LogP contribution in [0.25, 0.3) is 16.6 Å². The van der Waals surface area contributed by atoms with Gasteiger partial charge in [0.05, 0.1) is 18.3 Å². The van der Waals surface area contributed by atoms with Crippen molar-refractivity contribution in [1.82, 2.24) is 24.9 Å². The van der Waals surface area contributed by atoms with E-state index in [2.05, 4.69) is 74.8 Å². The molecule has 0 saturated carbocycles. The van der Waals surface area contributed by atoms with Crippen LogP contribution in [-0.2, 0) is 23.0 Å². The number of nitrogens with zero attached hydrogens (tertiary/aromatic N) is 5. The van der Waals surface area contributed by atoms with Gasteiger partial charge in [-0.1, -0.05) is 13.5 Å². The van der Waals surface area contributed by atoms with E-state index in [0.29, 0.717) is 11.6 Å². The van der Waals surface area contributed by atoms with E-state index in [1.807, 2.05) is 12.4 Å². The molecule has 2 aromatic heterocycles. The van der Waals surface area contributed by atoms with Crippen LogP contribution in [0.1, 0.15) is 50.2 Å². The average Bonchev–Trinajstić information content (AvgIpc) is 3.33. The lowest BCUT2D eigenvalue weighted by atomic mass is 9.96. The largest absolute Gasteiger partial charge is 0.497 e. The van der Waals surface area contributed by atoms with Gasteiger partial charge in [0.25, 0.3) is 0 Å². The molecule has 0 radical (unpaired) electrons. The molecule has 40 heavy (non-hydrogen) atoms. The second-order valence-corrected chi connectivity index (χ2v) is 11.0. The zero-order valence-electron chi connectivity index (χ0n) is 24.3. The molecule has 2 aliphatic rings. The highest BCUT2D eigenvalue weighted by Crippen LogP contribution is 2.26. The molecule has 4 heterocycles. The summed E-state index contributed by atoms with van der Waals surface area (Å²) in [7, 11) is 3.84. The Balaban J connectivity index is 1.07. The van der Waals surface area contributed by atoms with E-state index in [1.165, 1.54) is 16.5 Å². The number of aromatic nitrogens is 3. The Morgan fingerprint density at radius 2 is 1.98 bits per heavy atom. The van der Waals surface area contributed by atoms with Crippen LogP contribution in [-0.4, -0.2) is 72.2 Å². The maximum absolute atomic E-state index is 5.62. The van der Waals surface area contributed by atoms with Crippen LogP contribution in [0.2, 0.25) is 0 Å². The molecule has 0 aliphatic carbocycles. The van der Waals surface area contributed by atoms with Gasteiger partial charge in [-0.25, -0.2) is 14.8 Å². The molecule has 9 nitrogen and oxygen atoms in total. The topological polar surface area (TPSA) is 76.9 Å². The van der Waals surface area contributed by atoms with E-state index in [9.17, 15) is 0 Å². The molecule has 0 spiro atoms. The minimum absolute atomic E-state index is 0.224. The van der Waals surface area contributed by atoms with Crippen molar-refractivity contribution in [3.05, 3.63) is 54.5 Å². The summed E-state index contributed by atoms with van der Waals surface area (Å²) in [4.78, 5) is 19.8. The predicted molar refractivity (Wildman–Crippen MR) is 159 cm³/mol. The van der Waals surface area contributed by atoms with Gasteiger partial charge >= 0.3 is 0 Å². The van der Waals surface area contributed by atoms with Gasteiger partial charge in [0.2, 0.25) is 5.95 Å². The number of rotatable bonds is 12. The third-order valence-electron chi connectivity index (χ3n) is 8.28. The van der Waals surface area contributed by atoms with Gasteiger partial charge in [-0.05, 0) is 62.3 Å². The summed E-state index contributed by atoms with van der Waals surface area (Å²) in [6.45, 7) is 12.3. The molecule has 2 aliphatic heterocycles. The number of hydrogen-bond donors (Lipinski definition) is 1. The molecule has 0 bridgehead atoms. The fourth-order valence-electron chi connectivity index (χ4n) is 5.75. The highest BCUT2D eigenvalue weighted by atomic mass is 16.8. The molecule has 1 aromatic carbocycles. The van der Waals surface area contributed by atoms with Crippen LogP contribution >= 0.6 is 0 Å². The molecule has 216 valence electrons. The fraction of sp³-hybridized carbons (Fsp3) is 0.548. The summed E-state index contributed by atoms with van der Waals surface area (Å²) < 4.78 is 13.2. The first kappa shape index (κ1) is 28.4. The minimum Gasteiger partial charge on any atom is -0.497 e. The first-order chi connectivity index (χ1) is 19.5. The van der Waals surface area contributed by atoms with E-state index < -0.39 is 0 Å². The number of piperidine rings is 1. The summed E-state index contributed by atoms with van der Waals surface area (Å²) >= 11 is 0. The van der Waals surface area contributed by atoms with Gasteiger partial charge in [-0.15, -0.1) is 0 Å². The fourth-order valence-corrected chi connectivity index (χ4v) is 5.75. The van der Waals surface area contributed by atoms with E-state index in [0.717, 1.165) is 95.1 Å². The molecular weight excluding hydrogens is 504 g/mol. The maximum Gasteiger partial charge on any atom is 0.225 e. The number of ether oxygens (including phenoxy) is 2. The zero-order valence-corrected chi connectivity index (χ0v) is 24.3. The zero-order chi connectivity index (χ0) is 27.9. The summed E-state index contributed by atoms with van der Waals surface area (Å²) in [5.74, 6) is 2.38. The standard InChI is InChI=1S/C31H44N6O3/c1-5-36(14-13-25-22-35(3)29-18-27(38-4)9-10-28(25)29)21-24-11-15-37(16-12-24)31-32-19-26(20-33-31)23(2)34-40-30-8-6-7-17-39-30/h9-10,18-20,22,24,30,34H,2,5-8,11-17,21H2,1,3-4H3. The Hall–Kier alpha value is -3.14. The van der Waals surface area contributed by atoms with E-state index in [1.54, 1.807) is 7.11 Å². The maximum atomic E-state index is 5.62. The normalized spacial score (nSPS) is 18.4. The molecule has 1 atom stereocenters. The van der Waals surface area contributed by atoms with Crippen LogP contribution < -0.4 is 15.1 Å². The van der Waals surface area contributed by atoms with E-state index >= 15 is 0 Å². The summed E-state index contributed by atoms with van der Waals surface area (Å²) in [6, 6.07) is 6.37. The highest BCUT2D eigenvalue weighted by molar-refractivity contribution is 5.85. The quantitative estimate of drug-likeness (QED) is 0.324. The average molecular weight is 549 g/mol. The molecule has 1 N–H and O–H groups in total. The number of hydrogen-bond acceptors (Lipinski definition) is 8. The van der Waals surface area contributed by atoms with Crippen LogP contribution in [0.5, 0.6) is 5.75 Å². The van der Waals surface area contributed by atoms with Gasteiger partial charge in [0.15, 0.2) is 6.29 Å². The van der Waals surface area contributed by atoms with E-state index in [4.69, 9.17) is 14.3 Å². The number of aryl methyl sites for hydroxylation is 1. The van der Waals surface area contributed by atoms with Crippen LogP contribution in [0, 0.1) is 5.92 Å². The monoisotopic (exact) mass is 548 g/mol. The minimum atomic E-state index is -0.224. The van der Waals surface area contributed by atoms with Crippen molar-refractivity contribution in [3.8, 4) is 5.75 Å². The van der Waals surface area contributed by atoms with Crippen molar-refractivity contribution in [1.29, 1.82) is 0 Å². The SMILES string of the molecule is C=C(NOC1CCCCO1)c1cnc(N2CCC(CN(CC)CCc3cn(C)c4cc(OC)ccc34)CC2)nc1. The molecule has 3 aromatic rings. The lowest BCUT2D eigenvalue weighted by Gasteiger charge is -2.34. The van der Waals surface area contributed by atoms with Crippen LogP contribution in [0.15, 0.2) is 43.4 Å². The molecule has 1 unspecified atom stereocenters. The van der Waals surface area contributed by atoms with Crippen molar-refractivity contribution in [2.24, 2.45) is 13.0 Å². The lowest BCUT2D eigenvalue weighted by molar-refractivity contribution is -0.184. The summed E-state index contributed by atoms with van der Waals surface area (Å²) in [5, 5.41) is 1.32. The number of fused-ring (bicyclic) bond motifs is 1. The van der Waals surface area contributed by atoms with Gasteiger partial charge in [0, 0.05) is 81.9 Å². The summed E-state index contributed by atoms with van der Waals surface area (Å²) in [6.07, 6.45) is 12.1. The van der Waals surface area contributed by atoms with E-state index in [-0.39, 0.29) is 6.29 Å². The summed E-state index contributed by atoms with van der Waals surface area (Å²) in [5.41, 5.74) is 7.00. The second-order valence-electron chi connectivity index (χ2n) is 11.0. The Labute approximate surface area is 238 Å². The molecule has 9 heteroatoms. The molecule has 2 saturated heterocycles. The first-order valence-corrected chi connectivity index (χ1v) is 14.7. The molecule has 0 amide bonds. The number of nitrogens with one attached hydrogen (secondary N) is 1. The Kier molecular flexibility index (Phi) is 9.57. The van der Waals surface area contributed by atoms with Crippen LogP contribution in [0.4, 0.5) is 5.95 Å². The second kappa shape index (κ2) is 13.5. The highest BCUT2D eigenvalue weighted by Gasteiger charge is 2.23. The Bertz CT molecular complexity index is 1250. The number of hydroxylamine groups is 1. The Morgan fingerprint density at radius 3 is 2.67 bits per heavy atom. The van der Waals surface area contributed by atoms with Crippen molar-refractivity contribution >= 4 is 22.5 Å². The predicted octanol–water partition coefficient (Wildman–Crippen LogP) is 4.78. The van der Waals surface area contributed by atoms with Gasteiger partial charge in [0.1, 0.15) is 5.75 Å². The third kappa shape index (κ3) is 6.95. The lowest BCUT2D eigenvalue weighted by Crippen LogP contribution is -2.40. The number of methoxy groups -OCH3 is 1. The van der Waals surface area contributed by atoms with Gasteiger partial charge in [-0.2, -0.15) is 0 Å².